The summed E-state index contributed by atoms with van der Waals surface area (Å²) in [5.41, 5.74) is 6.54. The van der Waals surface area contributed by atoms with Crippen LogP contribution in [0.15, 0.2) is 36.4 Å². The van der Waals surface area contributed by atoms with Crippen LogP contribution in [0.5, 0.6) is 0 Å². The van der Waals surface area contributed by atoms with Crippen molar-refractivity contribution in [3.63, 3.8) is 0 Å². The molecule has 1 atom stereocenters. The van der Waals surface area contributed by atoms with E-state index < -0.39 is 41.4 Å². The molecule has 32 heavy (non-hydrogen) atoms. The largest absolute Gasteiger partial charge is 0.348 e. The van der Waals surface area contributed by atoms with Gasteiger partial charge in [-0.1, -0.05) is 12.1 Å². The number of carbonyl (C=O) groups excluding carboxylic acids is 5. The van der Waals surface area contributed by atoms with Gasteiger partial charge in [0.15, 0.2) is 0 Å². The molecule has 2 heterocycles. The summed E-state index contributed by atoms with van der Waals surface area (Å²) in [6, 6.07) is 7.38. The van der Waals surface area contributed by atoms with Crippen LogP contribution in [0.4, 0.5) is 4.39 Å². The maximum atomic E-state index is 14.1. The summed E-state index contributed by atoms with van der Waals surface area (Å²) in [5.74, 6) is -3.60. The van der Waals surface area contributed by atoms with Crippen molar-refractivity contribution in [2.45, 2.75) is 32.0 Å². The molecule has 9 nitrogen and oxygen atoms in total. The van der Waals surface area contributed by atoms with E-state index in [-0.39, 0.29) is 48.2 Å². The quantitative estimate of drug-likeness (QED) is 0.585. The molecular weight excluding hydrogens is 419 g/mol. The third-order valence-electron chi connectivity index (χ3n) is 5.49. The van der Waals surface area contributed by atoms with Crippen LogP contribution in [0.3, 0.4) is 0 Å². The normalized spacial score (nSPS) is 17.9. The molecule has 1 unspecified atom stereocenters. The Morgan fingerprint density at radius 3 is 2.53 bits per heavy atom. The fourth-order valence-electron chi connectivity index (χ4n) is 3.75. The van der Waals surface area contributed by atoms with E-state index in [1.165, 1.54) is 30.3 Å². The maximum Gasteiger partial charge on any atom is 0.262 e. The van der Waals surface area contributed by atoms with Gasteiger partial charge in [0.05, 0.1) is 11.1 Å². The molecule has 164 valence electrons. The first kappa shape index (κ1) is 21.3. The first-order valence-corrected chi connectivity index (χ1v) is 9.91. The van der Waals surface area contributed by atoms with E-state index in [9.17, 15) is 28.4 Å². The highest BCUT2D eigenvalue weighted by Crippen LogP contribution is 2.28. The Morgan fingerprint density at radius 1 is 1.09 bits per heavy atom. The number of imide groups is 2. The molecule has 0 radical (unpaired) electrons. The van der Waals surface area contributed by atoms with Crippen LogP contribution in [0.25, 0.3) is 0 Å². The molecule has 4 N–H and O–H groups in total. The predicted molar refractivity (Wildman–Crippen MR) is 109 cm³/mol. The molecule has 2 aliphatic heterocycles. The van der Waals surface area contributed by atoms with E-state index in [0.29, 0.717) is 5.56 Å². The molecule has 0 bridgehead atoms. The van der Waals surface area contributed by atoms with Crippen molar-refractivity contribution in [2.24, 2.45) is 5.73 Å². The molecule has 0 aliphatic carbocycles. The van der Waals surface area contributed by atoms with Crippen molar-refractivity contribution in [2.75, 3.05) is 0 Å². The number of nitrogens with one attached hydrogen (secondary N) is 2. The van der Waals surface area contributed by atoms with Crippen molar-refractivity contribution >= 4 is 29.5 Å². The van der Waals surface area contributed by atoms with Gasteiger partial charge in [-0.05, 0) is 36.2 Å². The first-order valence-electron chi connectivity index (χ1n) is 9.91. The number of hydrogen-bond acceptors (Lipinski definition) is 6. The molecule has 5 amide bonds. The van der Waals surface area contributed by atoms with E-state index in [2.05, 4.69) is 10.6 Å². The molecule has 2 aliphatic rings. The molecule has 4 rings (SSSR count). The van der Waals surface area contributed by atoms with E-state index in [1.54, 1.807) is 6.07 Å². The van der Waals surface area contributed by atoms with E-state index in [4.69, 9.17) is 5.73 Å². The lowest BCUT2D eigenvalue weighted by Gasteiger charge is -2.27. The lowest BCUT2D eigenvalue weighted by Crippen LogP contribution is -2.54. The number of fused-ring (bicyclic) bond motifs is 1. The second-order valence-corrected chi connectivity index (χ2v) is 7.52. The standard InChI is InChI=1S/C22H19FN4O5/c23-16-7-11(9-24)1-2-13(16)10-25-19(29)12-3-4-14-15(8-12)22(32)27(21(14)31)17-5-6-18(28)26-20(17)30/h1-4,7-8,17H,5-6,9-10,24H2,(H,25,29)(H,26,28,30). The lowest BCUT2D eigenvalue weighted by molar-refractivity contribution is -0.136. The smallest absolute Gasteiger partial charge is 0.262 e. The number of piperidine rings is 1. The van der Waals surface area contributed by atoms with Crippen molar-refractivity contribution in [3.05, 3.63) is 70.0 Å². The number of halogens is 1. The molecule has 2 aromatic carbocycles. The van der Waals surface area contributed by atoms with Crippen LogP contribution >= 0.6 is 0 Å². The summed E-state index contributed by atoms with van der Waals surface area (Å²) >= 11 is 0. The number of nitrogens with zero attached hydrogens (tertiary/aromatic N) is 1. The molecule has 1 saturated heterocycles. The molecule has 10 heteroatoms. The molecule has 2 aromatic rings. The van der Waals surface area contributed by atoms with Gasteiger partial charge < -0.3 is 11.1 Å². The number of benzene rings is 2. The predicted octanol–water partition coefficient (Wildman–Crippen LogP) is 0.616. The Bertz CT molecular complexity index is 1180. The summed E-state index contributed by atoms with van der Waals surface area (Å²) in [7, 11) is 0. The van der Waals surface area contributed by atoms with Crippen LogP contribution in [0, 0.1) is 5.82 Å². The fourth-order valence-corrected chi connectivity index (χ4v) is 3.75. The van der Waals surface area contributed by atoms with Gasteiger partial charge in [-0.2, -0.15) is 0 Å². The Kier molecular flexibility index (Phi) is 5.54. The van der Waals surface area contributed by atoms with E-state index in [0.717, 1.165) is 4.90 Å². The van der Waals surface area contributed by atoms with Crippen molar-refractivity contribution < 1.29 is 28.4 Å². The zero-order valence-electron chi connectivity index (χ0n) is 16.8. The van der Waals surface area contributed by atoms with E-state index in [1.807, 2.05) is 0 Å². The highest BCUT2D eigenvalue weighted by Gasteiger charge is 2.44. The van der Waals surface area contributed by atoms with Gasteiger partial charge in [0, 0.05) is 30.6 Å². The minimum atomic E-state index is -1.09. The van der Waals surface area contributed by atoms with Crippen LogP contribution in [-0.4, -0.2) is 40.5 Å². The topological polar surface area (TPSA) is 139 Å². The number of nitrogens with two attached hydrogens (primary N) is 1. The van der Waals surface area contributed by atoms with Crippen molar-refractivity contribution in [1.29, 1.82) is 0 Å². The van der Waals surface area contributed by atoms with Gasteiger partial charge in [-0.3, -0.25) is 34.2 Å². The van der Waals surface area contributed by atoms with Gasteiger partial charge >= 0.3 is 0 Å². The summed E-state index contributed by atoms with van der Waals surface area (Å²) in [4.78, 5) is 62.4. The van der Waals surface area contributed by atoms with Crippen molar-refractivity contribution in [3.8, 4) is 0 Å². The highest BCUT2D eigenvalue weighted by atomic mass is 19.1. The molecule has 1 fully saturated rings. The zero-order chi connectivity index (χ0) is 23.0. The Balaban J connectivity index is 1.50. The Morgan fingerprint density at radius 2 is 1.84 bits per heavy atom. The average Bonchev–Trinajstić information content (AvgIpc) is 3.02. The second kappa shape index (κ2) is 8.31. The maximum absolute atomic E-state index is 14.1. The molecule has 0 saturated carbocycles. The Hall–Kier alpha value is -3.92. The molecule has 0 aromatic heterocycles. The summed E-state index contributed by atoms with van der Waals surface area (Å²) < 4.78 is 14.1. The monoisotopic (exact) mass is 438 g/mol. The number of amides is 5. The summed E-state index contributed by atoms with van der Waals surface area (Å²) in [6.45, 7) is 0.114. The van der Waals surface area contributed by atoms with Gasteiger partial charge in [0.25, 0.3) is 17.7 Å². The summed E-state index contributed by atoms with van der Waals surface area (Å²) in [6.07, 6.45) is 0.0538. The number of carbonyl (C=O) groups is 5. The van der Waals surface area contributed by atoms with Gasteiger partial charge in [0.2, 0.25) is 11.8 Å². The summed E-state index contributed by atoms with van der Waals surface area (Å²) in [5, 5.41) is 4.70. The zero-order valence-corrected chi connectivity index (χ0v) is 16.8. The highest BCUT2D eigenvalue weighted by molar-refractivity contribution is 6.24. The average molecular weight is 438 g/mol. The van der Waals surface area contributed by atoms with Crippen LogP contribution in [0.2, 0.25) is 0 Å². The lowest BCUT2D eigenvalue weighted by atomic mass is 10.0. The fraction of sp³-hybridized carbons (Fsp3) is 0.227. The molecule has 0 spiro atoms. The third-order valence-corrected chi connectivity index (χ3v) is 5.49. The third kappa shape index (κ3) is 3.76. The van der Waals surface area contributed by atoms with Crippen LogP contribution in [0.1, 0.15) is 55.0 Å². The van der Waals surface area contributed by atoms with Crippen LogP contribution in [-0.2, 0) is 22.7 Å². The minimum Gasteiger partial charge on any atom is -0.348 e. The second-order valence-electron chi connectivity index (χ2n) is 7.52. The Labute approximate surface area is 181 Å². The number of rotatable bonds is 5. The van der Waals surface area contributed by atoms with Crippen LogP contribution < -0.4 is 16.4 Å². The number of hydrogen-bond donors (Lipinski definition) is 3. The first-order chi connectivity index (χ1) is 15.3. The van der Waals surface area contributed by atoms with Crippen molar-refractivity contribution in [1.82, 2.24) is 15.5 Å². The SMILES string of the molecule is NCc1ccc(CNC(=O)c2ccc3c(c2)C(=O)N(C2CCC(=O)NC2=O)C3=O)c(F)c1. The van der Waals surface area contributed by atoms with Gasteiger partial charge in [0.1, 0.15) is 11.9 Å². The van der Waals surface area contributed by atoms with E-state index >= 15 is 0 Å². The van der Waals surface area contributed by atoms with Gasteiger partial charge in [-0.15, -0.1) is 0 Å². The van der Waals surface area contributed by atoms with Gasteiger partial charge in [-0.25, -0.2) is 4.39 Å². The minimum absolute atomic E-state index is 0.00849. The molecular formula is C22H19FN4O5.